The SMILES string of the molecule is CCc1nn(C)c(CNC(C)c2cccs2)c1Cl. The molecule has 1 N–H and O–H groups in total. The summed E-state index contributed by atoms with van der Waals surface area (Å²) in [5.41, 5.74) is 2.02. The van der Waals surface area contributed by atoms with E-state index in [0.717, 1.165) is 29.4 Å². The smallest absolute Gasteiger partial charge is 0.0863 e. The van der Waals surface area contributed by atoms with Crippen molar-refractivity contribution in [3.8, 4) is 0 Å². The van der Waals surface area contributed by atoms with E-state index >= 15 is 0 Å². The highest BCUT2D eigenvalue weighted by Crippen LogP contribution is 2.23. The van der Waals surface area contributed by atoms with Gasteiger partial charge < -0.3 is 5.32 Å². The Hall–Kier alpha value is -0.840. The topological polar surface area (TPSA) is 29.9 Å². The number of nitrogens with zero attached hydrogens (tertiary/aromatic N) is 2. The summed E-state index contributed by atoms with van der Waals surface area (Å²) < 4.78 is 1.87. The highest BCUT2D eigenvalue weighted by atomic mass is 35.5. The molecule has 0 bridgehead atoms. The Morgan fingerprint density at radius 2 is 2.33 bits per heavy atom. The number of aromatic nitrogens is 2. The van der Waals surface area contributed by atoms with Crippen LogP contribution in [0.2, 0.25) is 5.02 Å². The first-order valence-corrected chi connectivity index (χ1v) is 7.36. The highest BCUT2D eigenvalue weighted by molar-refractivity contribution is 7.10. The summed E-state index contributed by atoms with van der Waals surface area (Å²) in [7, 11) is 1.94. The van der Waals surface area contributed by atoms with Gasteiger partial charge in [-0.25, -0.2) is 0 Å². The molecule has 0 fully saturated rings. The van der Waals surface area contributed by atoms with Crippen molar-refractivity contribution < 1.29 is 0 Å². The van der Waals surface area contributed by atoms with Gasteiger partial charge in [0.2, 0.25) is 0 Å². The van der Waals surface area contributed by atoms with Crippen LogP contribution >= 0.6 is 22.9 Å². The standard InChI is InChI=1S/C13H18ClN3S/c1-4-10-13(14)11(17(3)16-10)8-15-9(2)12-6-5-7-18-12/h5-7,9,15H,4,8H2,1-3H3. The van der Waals surface area contributed by atoms with E-state index in [9.17, 15) is 0 Å². The van der Waals surface area contributed by atoms with E-state index in [1.165, 1.54) is 4.88 Å². The number of thiophene rings is 1. The van der Waals surface area contributed by atoms with Crippen molar-refractivity contribution in [2.24, 2.45) is 7.05 Å². The van der Waals surface area contributed by atoms with Crippen LogP contribution in [0.15, 0.2) is 17.5 Å². The van der Waals surface area contributed by atoms with Crippen LogP contribution in [0.3, 0.4) is 0 Å². The van der Waals surface area contributed by atoms with E-state index in [-0.39, 0.29) is 0 Å². The monoisotopic (exact) mass is 283 g/mol. The Bertz CT molecular complexity index is 505. The van der Waals surface area contributed by atoms with Crippen LogP contribution in [0.4, 0.5) is 0 Å². The van der Waals surface area contributed by atoms with E-state index in [1.54, 1.807) is 11.3 Å². The molecule has 0 aliphatic rings. The van der Waals surface area contributed by atoms with Crippen LogP contribution in [0.5, 0.6) is 0 Å². The molecule has 2 aromatic heterocycles. The summed E-state index contributed by atoms with van der Waals surface area (Å²) in [6.45, 7) is 4.97. The van der Waals surface area contributed by atoms with Gasteiger partial charge in [-0.05, 0) is 24.8 Å². The van der Waals surface area contributed by atoms with E-state index in [1.807, 2.05) is 11.7 Å². The fraction of sp³-hybridized carbons (Fsp3) is 0.462. The molecule has 0 saturated carbocycles. The molecule has 2 heterocycles. The lowest BCUT2D eigenvalue weighted by Crippen LogP contribution is -2.19. The number of hydrogen-bond acceptors (Lipinski definition) is 3. The van der Waals surface area contributed by atoms with Crippen LogP contribution in [-0.2, 0) is 20.0 Å². The second kappa shape index (κ2) is 5.87. The van der Waals surface area contributed by atoms with Crippen LogP contribution in [0.25, 0.3) is 0 Å². The lowest BCUT2D eigenvalue weighted by Gasteiger charge is -2.12. The third-order valence-electron chi connectivity index (χ3n) is 3.05. The van der Waals surface area contributed by atoms with Gasteiger partial charge in [0.05, 0.1) is 16.4 Å². The van der Waals surface area contributed by atoms with E-state index in [0.29, 0.717) is 6.04 Å². The predicted octanol–water partition coefficient (Wildman–Crippen LogP) is 3.55. The van der Waals surface area contributed by atoms with Gasteiger partial charge in [-0.1, -0.05) is 24.6 Å². The third-order valence-corrected chi connectivity index (χ3v) is 4.54. The van der Waals surface area contributed by atoms with Crippen molar-refractivity contribution in [1.29, 1.82) is 0 Å². The van der Waals surface area contributed by atoms with Gasteiger partial charge in [-0.2, -0.15) is 5.10 Å². The molecule has 0 spiro atoms. The van der Waals surface area contributed by atoms with Gasteiger partial charge in [-0.15, -0.1) is 11.3 Å². The number of rotatable bonds is 5. The van der Waals surface area contributed by atoms with E-state index < -0.39 is 0 Å². The van der Waals surface area contributed by atoms with Gasteiger partial charge in [-0.3, -0.25) is 4.68 Å². The summed E-state index contributed by atoms with van der Waals surface area (Å²) in [4.78, 5) is 1.34. The lowest BCUT2D eigenvalue weighted by molar-refractivity contribution is 0.554. The molecular formula is C13H18ClN3S. The van der Waals surface area contributed by atoms with Gasteiger partial charge in [0, 0.05) is 24.5 Å². The van der Waals surface area contributed by atoms with E-state index in [4.69, 9.17) is 11.6 Å². The average molecular weight is 284 g/mol. The minimum Gasteiger partial charge on any atom is -0.304 e. The molecule has 2 rings (SSSR count). The molecule has 0 aromatic carbocycles. The molecule has 0 aliphatic heterocycles. The quantitative estimate of drug-likeness (QED) is 0.909. The van der Waals surface area contributed by atoms with Crippen molar-refractivity contribution >= 4 is 22.9 Å². The number of halogens is 1. The molecule has 0 aliphatic carbocycles. The Morgan fingerprint density at radius 1 is 1.56 bits per heavy atom. The van der Waals surface area contributed by atoms with Gasteiger partial charge in [0.25, 0.3) is 0 Å². The van der Waals surface area contributed by atoms with Crippen LogP contribution in [0.1, 0.15) is 36.2 Å². The Labute approximate surface area is 117 Å². The van der Waals surface area contributed by atoms with Crippen molar-refractivity contribution in [1.82, 2.24) is 15.1 Å². The molecular weight excluding hydrogens is 266 g/mol. The van der Waals surface area contributed by atoms with Crippen molar-refractivity contribution in [3.63, 3.8) is 0 Å². The fourth-order valence-corrected chi connectivity index (χ4v) is 3.02. The highest BCUT2D eigenvalue weighted by Gasteiger charge is 2.14. The maximum Gasteiger partial charge on any atom is 0.0863 e. The fourth-order valence-electron chi connectivity index (χ4n) is 1.90. The summed E-state index contributed by atoms with van der Waals surface area (Å²) in [6.07, 6.45) is 0.868. The lowest BCUT2D eigenvalue weighted by atomic mass is 10.2. The maximum absolute atomic E-state index is 6.32. The molecule has 1 atom stereocenters. The predicted molar refractivity (Wildman–Crippen MR) is 77.2 cm³/mol. The second-order valence-electron chi connectivity index (χ2n) is 4.30. The molecule has 0 saturated heterocycles. The van der Waals surface area contributed by atoms with Crippen molar-refractivity contribution in [2.75, 3.05) is 0 Å². The van der Waals surface area contributed by atoms with E-state index in [2.05, 4.69) is 41.8 Å². The summed E-state index contributed by atoms with van der Waals surface area (Å²) >= 11 is 8.08. The normalized spacial score (nSPS) is 12.9. The van der Waals surface area contributed by atoms with Crippen molar-refractivity contribution in [3.05, 3.63) is 38.8 Å². The van der Waals surface area contributed by atoms with Gasteiger partial charge in [0.1, 0.15) is 0 Å². The summed E-state index contributed by atoms with van der Waals surface area (Å²) in [5, 5.41) is 10.8. The second-order valence-corrected chi connectivity index (χ2v) is 5.66. The molecule has 3 nitrogen and oxygen atoms in total. The molecule has 2 aromatic rings. The minimum atomic E-state index is 0.334. The first-order chi connectivity index (χ1) is 8.63. The summed E-state index contributed by atoms with van der Waals surface area (Å²) in [5.74, 6) is 0. The minimum absolute atomic E-state index is 0.334. The van der Waals surface area contributed by atoms with Gasteiger partial charge >= 0.3 is 0 Å². The average Bonchev–Trinajstić information content (AvgIpc) is 2.96. The number of hydrogen-bond donors (Lipinski definition) is 1. The third kappa shape index (κ3) is 2.76. The molecule has 98 valence electrons. The molecule has 5 heteroatoms. The van der Waals surface area contributed by atoms with Crippen LogP contribution < -0.4 is 5.32 Å². The Balaban J connectivity index is 2.04. The van der Waals surface area contributed by atoms with Crippen LogP contribution in [0, 0.1) is 0 Å². The largest absolute Gasteiger partial charge is 0.304 e. The molecule has 0 radical (unpaired) electrons. The summed E-state index contributed by atoms with van der Waals surface area (Å²) in [6, 6.07) is 4.55. The first kappa shape index (κ1) is 13.6. The maximum atomic E-state index is 6.32. The molecule has 0 amide bonds. The zero-order chi connectivity index (χ0) is 13.1. The number of nitrogens with one attached hydrogen (secondary N) is 1. The Morgan fingerprint density at radius 3 is 2.89 bits per heavy atom. The first-order valence-electron chi connectivity index (χ1n) is 6.10. The van der Waals surface area contributed by atoms with Gasteiger partial charge in [0.15, 0.2) is 0 Å². The number of aryl methyl sites for hydroxylation is 2. The Kier molecular flexibility index (Phi) is 4.43. The van der Waals surface area contributed by atoms with Crippen LogP contribution in [-0.4, -0.2) is 9.78 Å². The molecule has 1 unspecified atom stereocenters. The molecule has 18 heavy (non-hydrogen) atoms. The van der Waals surface area contributed by atoms with Crippen molar-refractivity contribution in [2.45, 2.75) is 32.9 Å². The zero-order valence-electron chi connectivity index (χ0n) is 10.9. The zero-order valence-corrected chi connectivity index (χ0v) is 12.5.